The van der Waals surface area contributed by atoms with Gasteiger partial charge in [0.25, 0.3) is 0 Å². The number of nitrogens with two attached hydrogens (primary N) is 1. The van der Waals surface area contributed by atoms with Crippen molar-refractivity contribution in [2.24, 2.45) is 10.9 Å². The van der Waals surface area contributed by atoms with Crippen molar-refractivity contribution in [3.63, 3.8) is 0 Å². The maximum Gasteiger partial charge on any atom is 0.153 e. The Hall–Kier alpha value is -1.82. The van der Waals surface area contributed by atoms with Crippen molar-refractivity contribution < 1.29 is 14.3 Å². The molecule has 3 N–H and O–H groups in total. The van der Waals surface area contributed by atoms with Gasteiger partial charge < -0.3 is 15.7 Å². The molecule has 0 saturated carbocycles. The van der Waals surface area contributed by atoms with Crippen LogP contribution in [0.15, 0.2) is 23.4 Å². The van der Waals surface area contributed by atoms with E-state index in [-0.39, 0.29) is 11.7 Å². The summed E-state index contributed by atoms with van der Waals surface area (Å²) >= 11 is 0. The highest BCUT2D eigenvalue weighted by Crippen LogP contribution is 2.23. The van der Waals surface area contributed by atoms with E-state index in [4.69, 9.17) is 15.7 Å². The zero-order valence-corrected chi connectivity index (χ0v) is 9.27. The van der Waals surface area contributed by atoms with E-state index in [1.165, 1.54) is 12.1 Å². The van der Waals surface area contributed by atoms with Crippen molar-refractivity contribution in [1.82, 2.24) is 4.90 Å². The second-order valence-corrected chi connectivity index (χ2v) is 3.90. The second-order valence-electron chi connectivity index (χ2n) is 3.90. The fourth-order valence-corrected chi connectivity index (χ4v) is 1.81. The topological polar surface area (TPSA) is 71.1 Å². The van der Waals surface area contributed by atoms with Gasteiger partial charge in [-0.05, 0) is 18.2 Å². The first-order chi connectivity index (χ1) is 8.19. The smallest absolute Gasteiger partial charge is 0.153 e. The number of oxime groups is 1. The van der Waals surface area contributed by atoms with Crippen LogP contribution in [0.3, 0.4) is 0 Å². The van der Waals surface area contributed by atoms with Gasteiger partial charge in [0, 0.05) is 18.7 Å². The minimum Gasteiger partial charge on any atom is -0.492 e. The fourth-order valence-electron chi connectivity index (χ4n) is 1.81. The molecule has 1 aromatic carbocycles. The van der Waals surface area contributed by atoms with E-state index < -0.39 is 0 Å². The van der Waals surface area contributed by atoms with Crippen molar-refractivity contribution in [1.29, 1.82) is 0 Å². The largest absolute Gasteiger partial charge is 0.492 e. The molecule has 0 bridgehead atoms. The maximum atomic E-state index is 13.1. The highest BCUT2D eigenvalue weighted by molar-refractivity contribution is 5.81. The zero-order chi connectivity index (χ0) is 12.3. The number of amidine groups is 1. The minimum atomic E-state index is -0.294. The Balaban J connectivity index is 2.16. The van der Waals surface area contributed by atoms with E-state index in [0.29, 0.717) is 32.0 Å². The maximum absolute atomic E-state index is 13.1. The Morgan fingerprint density at radius 1 is 1.59 bits per heavy atom. The number of hydrogen-bond donors (Lipinski definition) is 2. The number of hydrogen-bond acceptors (Lipinski definition) is 4. The van der Waals surface area contributed by atoms with Crippen LogP contribution in [-0.4, -0.2) is 35.6 Å². The third-order valence-electron chi connectivity index (χ3n) is 2.60. The van der Waals surface area contributed by atoms with Gasteiger partial charge in [-0.1, -0.05) is 5.16 Å². The van der Waals surface area contributed by atoms with Gasteiger partial charge >= 0.3 is 0 Å². The number of ether oxygens (including phenoxy) is 1. The number of fused-ring (bicyclic) bond motifs is 1. The number of benzene rings is 1. The van der Waals surface area contributed by atoms with Gasteiger partial charge in [-0.2, -0.15) is 0 Å². The van der Waals surface area contributed by atoms with Crippen LogP contribution in [0.25, 0.3) is 0 Å². The summed E-state index contributed by atoms with van der Waals surface area (Å²) in [5, 5.41) is 11.4. The first kappa shape index (κ1) is 11.7. The van der Waals surface area contributed by atoms with Gasteiger partial charge in [-0.25, -0.2) is 4.39 Å². The van der Waals surface area contributed by atoms with Crippen LogP contribution in [0.1, 0.15) is 5.56 Å². The van der Waals surface area contributed by atoms with Crippen LogP contribution in [0.4, 0.5) is 4.39 Å². The van der Waals surface area contributed by atoms with E-state index in [2.05, 4.69) is 5.16 Å². The Labute approximate surface area is 98.3 Å². The lowest BCUT2D eigenvalue weighted by Gasteiger charge is -2.17. The van der Waals surface area contributed by atoms with Gasteiger partial charge in [0.2, 0.25) is 0 Å². The Morgan fingerprint density at radius 3 is 3.18 bits per heavy atom. The molecular formula is C11H14FN3O2. The molecule has 0 amide bonds. The van der Waals surface area contributed by atoms with E-state index in [1.807, 2.05) is 4.90 Å². The lowest BCUT2D eigenvalue weighted by molar-refractivity contribution is 0.243. The van der Waals surface area contributed by atoms with E-state index in [9.17, 15) is 4.39 Å². The molecule has 1 heterocycles. The summed E-state index contributed by atoms with van der Waals surface area (Å²) in [6.07, 6.45) is 0. The van der Waals surface area contributed by atoms with Gasteiger partial charge in [0.15, 0.2) is 5.84 Å². The molecule has 2 rings (SSSR count). The number of halogens is 1. The molecule has 0 aliphatic carbocycles. The Kier molecular flexibility index (Phi) is 3.43. The van der Waals surface area contributed by atoms with Crippen molar-refractivity contribution in [3.05, 3.63) is 29.6 Å². The average molecular weight is 239 g/mol. The normalized spacial score (nSPS) is 17.1. The quantitative estimate of drug-likeness (QED) is 0.346. The SMILES string of the molecule is N/C(CN1CCOc2ccc(F)cc2C1)=N\O. The monoisotopic (exact) mass is 239 g/mol. The molecule has 1 aromatic rings. The van der Waals surface area contributed by atoms with Crippen LogP contribution < -0.4 is 10.5 Å². The van der Waals surface area contributed by atoms with Gasteiger partial charge in [-0.15, -0.1) is 0 Å². The lowest BCUT2D eigenvalue weighted by Crippen LogP contribution is -2.35. The highest BCUT2D eigenvalue weighted by Gasteiger charge is 2.16. The van der Waals surface area contributed by atoms with Gasteiger partial charge in [0.1, 0.15) is 18.2 Å². The van der Waals surface area contributed by atoms with Crippen LogP contribution in [-0.2, 0) is 6.54 Å². The molecule has 0 radical (unpaired) electrons. The van der Waals surface area contributed by atoms with Gasteiger partial charge in [-0.3, -0.25) is 4.90 Å². The summed E-state index contributed by atoms with van der Waals surface area (Å²) in [6, 6.07) is 4.44. The predicted octanol–water partition coefficient (Wildman–Crippen LogP) is 0.766. The molecule has 0 aromatic heterocycles. The molecular weight excluding hydrogens is 225 g/mol. The Morgan fingerprint density at radius 2 is 2.41 bits per heavy atom. The summed E-state index contributed by atoms with van der Waals surface area (Å²) < 4.78 is 18.6. The molecule has 0 atom stereocenters. The third kappa shape index (κ3) is 2.85. The molecule has 0 fully saturated rings. The van der Waals surface area contributed by atoms with Crippen LogP contribution in [0.5, 0.6) is 5.75 Å². The lowest BCUT2D eigenvalue weighted by atomic mass is 10.2. The molecule has 5 nitrogen and oxygen atoms in total. The van der Waals surface area contributed by atoms with Crippen LogP contribution >= 0.6 is 0 Å². The Bertz CT molecular complexity index is 437. The number of nitrogens with zero attached hydrogens (tertiary/aromatic N) is 2. The molecule has 92 valence electrons. The first-order valence-electron chi connectivity index (χ1n) is 5.29. The average Bonchev–Trinajstić information content (AvgIpc) is 2.50. The summed E-state index contributed by atoms with van der Waals surface area (Å²) in [4.78, 5) is 1.93. The summed E-state index contributed by atoms with van der Waals surface area (Å²) in [7, 11) is 0. The minimum absolute atomic E-state index is 0.129. The summed E-state index contributed by atoms with van der Waals surface area (Å²) in [5.41, 5.74) is 6.22. The second kappa shape index (κ2) is 5.01. The van der Waals surface area contributed by atoms with Crippen molar-refractivity contribution in [2.75, 3.05) is 19.7 Å². The molecule has 0 unspecified atom stereocenters. The molecule has 1 aliphatic rings. The number of rotatable bonds is 2. The van der Waals surface area contributed by atoms with Crippen molar-refractivity contribution in [2.45, 2.75) is 6.54 Å². The van der Waals surface area contributed by atoms with E-state index in [1.54, 1.807) is 6.07 Å². The van der Waals surface area contributed by atoms with Crippen LogP contribution in [0, 0.1) is 5.82 Å². The summed E-state index contributed by atoms with van der Waals surface area (Å²) in [6.45, 7) is 1.99. The van der Waals surface area contributed by atoms with E-state index >= 15 is 0 Å². The van der Waals surface area contributed by atoms with Gasteiger partial charge in [0.05, 0.1) is 6.54 Å². The van der Waals surface area contributed by atoms with Crippen molar-refractivity contribution in [3.8, 4) is 5.75 Å². The molecule has 0 spiro atoms. The fraction of sp³-hybridized carbons (Fsp3) is 0.364. The van der Waals surface area contributed by atoms with Crippen LogP contribution in [0.2, 0.25) is 0 Å². The summed E-state index contributed by atoms with van der Waals surface area (Å²) in [5.74, 6) is 0.524. The molecule has 1 aliphatic heterocycles. The molecule has 0 saturated heterocycles. The zero-order valence-electron chi connectivity index (χ0n) is 9.27. The standard InChI is InChI=1S/C11H14FN3O2/c12-9-1-2-10-8(5-9)6-15(3-4-17-10)7-11(13)14-16/h1-2,5,16H,3-4,6-7H2,(H2,13,14). The highest BCUT2D eigenvalue weighted by atomic mass is 19.1. The molecule has 6 heteroatoms. The third-order valence-corrected chi connectivity index (χ3v) is 2.60. The van der Waals surface area contributed by atoms with Crippen molar-refractivity contribution >= 4 is 5.84 Å². The predicted molar refractivity (Wildman–Crippen MR) is 60.6 cm³/mol. The van der Waals surface area contributed by atoms with E-state index in [0.717, 1.165) is 5.56 Å². The first-order valence-corrected chi connectivity index (χ1v) is 5.29. The molecule has 17 heavy (non-hydrogen) atoms.